The van der Waals surface area contributed by atoms with E-state index in [0.29, 0.717) is 21.5 Å². The Morgan fingerprint density at radius 1 is 1.29 bits per heavy atom. The molecule has 21 heavy (non-hydrogen) atoms. The number of ether oxygens (including phenoxy) is 1. The van der Waals surface area contributed by atoms with Gasteiger partial charge in [0.05, 0.1) is 10.7 Å². The lowest BCUT2D eigenvalue weighted by Crippen LogP contribution is -2.30. The van der Waals surface area contributed by atoms with Crippen LogP contribution in [0.15, 0.2) is 36.5 Å². The molecule has 0 aliphatic rings. The molecular formula is C14H11Cl3N2O2. The van der Waals surface area contributed by atoms with E-state index in [4.69, 9.17) is 39.5 Å². The quantitative estimate of drug-likeness (QED) is 0.833. The molecule has 1 aromatic carbocycles. The van der Waals surface area contributed by atoms with E-state index in [0.717, 1.165) is 0 Å². The number of hydrogen-bond acceptors (Lipinski definition) is 3. The molecule has 7 heteroatoms. The monoisotopic (exact) mass is 344 g/mol. The molecule has 0 saturated heterocycles. The van der Waals surface area contributed by atoms with Crippen LogP contribution < -0.4 is 10.1 Å². The average molecular weight is 346 g/mol. The van der Waals surface area contributed by atoms with E-state index < -0.39 is 6.10 Å². The molecule has 110 valence electrons. The van der Waals surface area contributed by atoms with E-state index >= 15 is 0 Å². The van der Waals surface area contributed by atoms with Gasteiger partial charge in [-0.15, -0.1) is 0 Å². The molecule has 4 nitrogen and oxygen atoms in total. The highest BCUT2D eigenvalue weighted by molar-refractivity contribution is 6.35. The Hall–Kier alpha value is -1.49. The second-order valence-corrected chi connectivity index (χ2v) is 5.37. The van der Waals surface area contributed by atoms with Crippen molar-refractivity contribution in [2.45, 2.75) is 13.0 Å². The van der Waals surface area contributed by atoms with Gasteiger partial charge in [-0.1, -0.05) is 34.8 Å². The fourth-order valence-electron chi connectivity index (χ4n) is 1.53. The first-order valence-corrected chi connectivity index (χ1v) is 7.14. The number of hydrogen-bond donors (Lipinski definition) is 1. The van der Waals surface area contributed by atoms with Crippen molar-refractivity contribution >= 4 is 46.4 Å². The number of carbonyl (C=O) groups is 1. The summed E-state index contributed by atoms with van der Waals surface area (Å²) in [6.45, 7) is 1.60. The molecule has 2 rings (SSSR count). The summed E-state index contributed by atoms with van der Waals surface area (Å²) in [5, 5.41) is 3.67. The molecule has 1 amide bonds. The molecule has 1 N–H and O–H groups in total. The van der Waals surface area contributed by atoms with Crippen molar-refractivity contribution in [3.05, 3.63) is 51.7 Å². The van der Waals surface area contributed by atoms with Gasteiger partial charge in [-0.05, 0) is 37.3 Å². The number of halogens is 3. The van der Waals surface area contributed by atoms with Crippen molar-refractivity contribution in [2.75, 3.05) is 5.32 Å². The van der Waals surface area contributed by atoms with E-state index in [1.165, 1.54) is 6.20 Å². The second-order valence-electron chi connectivity index (χ2n) is 4.17. The fourth-order valence-corrected chi connectivity index (χ4v) is 2.15. The molecule has 1 aromatic heterocycles. The predicted octanol–water partition coefficient (Wildman–Crippen LogP) is 4.45. The van der Waals surface area contributed by atoms with Crippen molar-refractivity contribution in [2.24, 2.45) is 0 Å². The third kappa shape index (κ3) is 4.24. The number of pyridine rings is 1. The summed E-state index contributed by atoms with van der Waals surface area (Å²) in [6, 6.07) is 8.09. The standard InChI is InChI=1S/C14H11Cl3N2O2/c1-8(21-12-5-4-9(15)7-10(12)16)14(20)19-11-3-2-6-18-13(11)17/h2-8H,1H3,(H,19,20)/t8-/m1/s1. The highest BCUT2D eigenvalue weighted by atomic mass is 35.5. The number of nitrogens with zero attached hydrogens (tertiary/aromatic N) is 1. The number of nitrogens with one attached hydrogen (secondary N) is 1. The van der Waals surface area contributed by atoms with Crippen LogP contribution in [0.5, 0.6) is 5.75 Å². The van der Waals surface area contributed by atoms with E-state index in [1.54, 1.807) is 37.3 Å². The number of anilines is 1. The number of aromatic nitrogens is 1. The lowest BCUT2D eigenvalue weighted by atomic mass is 10.3. The normalized spacial score (nSPS) is 11.8. The molecule has 0 spiro atoms. The number of carbonyl (C=O) groups excluding carboxylic acids is 1. The third-order valence-corrected chi connectivity index (χ3v) is 3.42. The van der Waals surface area contributed by atoms with Crippen LogP contribution >= 0.6 is 34.8 Å². The molecule has 0 radical (unpaired) electrons. The SMILES string of the molecule is C[C@@H](Oc1ccc(Cl)cc1Cl)C(=O)Nc1cccnc1Cl. The van der Waals surface area contributed by atoms with Crippen LogP contribution in [0.4, 0.5) is 5.69 Å². The van der Waals surface area contributed by atoms with Crippen LogP contribution in [0.25, 0.3) is 0 Å². The molecule has 1 atom stereocenters. The maximum absolute atomic E-state index is 12.1. The van der Waals surface area contributed by atoms with E-state index in [9.17, 15) is 4.79 Å². The molecular weight excluding hydrogens is 335 g/mol. The minimum atomic E-state index is -0.764. The van der Waals surface area contributed by atoms with Gasteiger partial charge in [0.25, 0.3) is 5.91 Å². The van der Waals surface area contributed by atoms with Crippen LogP contribution in [0.3, 0.4) is 0 Å². The summed E-state index contributed by atoms with van der Waals surface area (Å²) in [4.78, 5) is 15.9. The van der Waals surface area contributed by atoms with Crippen LogP contribution in [0.2, 0.25) is 15.2 Å². The Morgan fingerprint density at radius 3 is 2.71 bits per heavy atom. The first-order chi connectivity index (χ1) is 9.97. The highest BCUT2D eigenvalue weighted by Crippen LogP contribution is 2.28. The minimum Gasteiger partial charge on any atom is -0.479 e. The van der Waals surface area contributed by atoms with Crippen molar-refractivity contribution in [1.82, 2.24) is 4.98 Å². The third-order valence-electron chi connectivity index (χ3n) is 2.58. The Morgan fingerprint density at radius 2 is 2.05 bits per heavy atom. The largest absolute Gasteiger partial charge is 0.479 e. The summed E-state index contributed by atoms with van der Waals surface area (Å²) in [5.41, 5.74) is 0.418. The molecule has 0 aliphatic heterocycles. The molecule has 0 aliphatic carbocycles. The zero-order valence-electron chi connectivity index (χ0n) is 10.9. The molecule has 1 heterocycles. The summed E-state index contributed by atoms with van der Waals surface area (Å²) < 4.78 is 5.51. The van der Waals surface area contributed by atoms with Gasteiger partial charge in [0.2, 0.25) is 0 Å². The molecule has 0 bridgehead atoms. The summed E-state index contributed by atoms with van der Waals surface area (Å²) in [6.07, 6.45) is 0.769. The Bertz CT molecular complexity index is 664. The van der Waals surface area contributed by atoms with Gasteiger partial charge < -0.3 is 10.1 Å². The van der Waals surface area contributed by atoms with Gasteiger partial charge in [-0.25, -0.2) is 4.98 Å². The lowest BCUT2D eigenvalue weighted by Gasteiger charge is -2.16. The van der Waals surface area contributed by atoms with Crippen LogP contribution in [-0.2, 0) is 4.79 Å². The van der Waals surface area contributed by atoms with Crippen molar-refractivity contribution in [3.8, 4) is 5.75 Å². The van der Waals surface area contributed by atoms with Gasteiger partial charge in [0, 0.05) is 11.2 Å². The molecule has 0 fully saturated rings. The lowest BCUT2D eigenvalue weighted by molar-refractivity contribution is -0.122. The van der Waals surface area contributed by atoms with Gasteiger partial charge in [0.15, 0.2) is 11.3 Å². The molecule has 0 saturated carbocycles. The molecule has 0 unspecified atom stereocenters. The summed E-state index contributed by atoms with van der Waals surface area (Å²) >= 11 is 17.7. The molecule has 2 aromatic rings. The van der Waals surface area contributed by atoms with Gasteiger partial charge in [0.1, 0.15) is 5.75 Å². The number of rotatable bonds is 4. The fraction of sp³-hybridized carbons (Fsp3) is 0.143. The summed E-state index contributed by atoms with van der Waals surface area (Å²) in [7, 11) is 0. The van der Waals surface area contributed by atoms with Crippen LogP contribution in [-0.4, -0.2) is 17.0 Å². The first kappa shape index (κ1) is 15.9. The van der Waals surface area contributed by atoms with Crippen molar-refractivity contribution in [1.29, 1.82) is 0 Å². The maximum atomic E-state index is 12.1. The van der Waals surface area contributed by atoms with Gasteiger partial charge in [-0.3, -0.25) is 4.79 Å². The topological polar surface area (TPSA) is 51.2 Å². The van der Waals surface area contributed by atoms with Gasteiger partial charge in [-0.2, -0.15) is 0 Å². The second kappa shape index (κ2) is 6.98. The minimum absolute atomic E-state index is 0.211. The van der Waals surface area contributed by atoms with E-state index in [-0.39, 0.29) is 11.1 Å². The van der Waals surface area contributed by atoms with Gasteiger partial charge >= 0.3 is 0 Å². The smallest absolute Gasteiger partial charge is 0.265 e. The predicted molar refractivity (Wildman–Crippen MR) is 84.4 cm³/mol. The number of amides is 1. The average Bonchev–Trinajstić information content (AvgIpc) is 2.44. The maximum Gasteiger partial charge on any atom is 0.265 e. The van der Waals surface area contributed by atoms with E-state index in [2.05, 4.69) is 10.3 Å². The summed E-state index contributed by atoms with van der Waals surface area (Å²) in [5.74, 6) is 0.0110. The number of benzene rings is 1. The van der Waals surface area contributed by atoms with Crippen molar-refractivity contribution in [3.63, 3.8) is 0 Å². The first-order valence-electron chi connectivity index (χ1n) is 6.00. The zero-order chi connectivity index (χ0) is 15.4. The Kier molecular flexibility index (Phi) is 5.28. The van der Waals surface area contributed by atoms with E-state index in [1.807, 2.05) is 0 Å². The highest BCUT2D eigenvalue weighted by Gasteiger charge is 2.17. The van der Waals surface area contributed by atoms with Crippen LogP contribution in [0, 0.1) is 0 Å². The Balaban J connectivity index is 2.04. The Labute approximate surface area is 137 Å². The van der Waals surface area contributed by atoms with Crippen molar-refractivity contribution < 1.29 is 9.53 Å². The zero-order valence-corrected chi connectivity index (χ0v) is 13.2. The van der Waals surface area contributed by atoms with Crippen LogP contribution in [0.1, 0.15) is 6.92 Å².